The van der Waals surface area contributed by atoms with Crippen molar-refractivity contribution in [1.29, 1.82) is 0 Å². The summed E-state index contributed by atoms with van der Waals surface area (Å²) in [6.45, 7) is 14.5. The number of ketones is 1. The van der Waals surface area contributed by atoms with Crippen LogP contribution in [-0.2, 0) is 0 Å². The third-order valence-electron chi connectivity index (χ3n) is 4.19. The largest absolute Gasteiger partial charge is 0.294 e. The molecule has 0 N–H and O–H groups in total. The van der Waals surface area contributed by atoms with E-state index in [1.807, 2.05) is 20.8 Å². The van der Waals surface area contributed by atoms with Gasteiger partial charge in [-0.25, -0.2) is 0 Å². The molecule has 1 aromatic carbocycles. The number of allylic oxidation sites excluding steroid dienone is 4. The minimum Gasteiger partial charge on any atom is -0.294 e. The Bertz CT molecular complexity index is 664. The molecule has 0 fully saturated rings. The summed E-state index contributed by atoms with van der Waals surface area (Å²) in [7, 11) is 0. The van der Waals surface area contributed by atoms with Crippen molar-refractivity contribution in [1.82, 2.24) is 0 Å². The van der Waals surface area contributed by atoms with Crippen molar-refractivity contribution in [2.45, 2.75) is 54.9 Å². The van der Waals surface area contributed by atoms with E-state index in [2.05, 4.69) is 45.9 Å². The van der Waals surface area contributed by atoms with E-state index < -0.39 is 0 Å². The second-order valence-corrected chi connectivity index (χ2v) is 7.33. The van der Waals surface area contributed by atoms with Crippen LogP contribution in [-0.4, -0.2) is 5.78 Å². The van der Waals surface area contributed by atoms with Gasteiger partial charge in [-0.1, -0.05) is 44.1 Å². The molecular weight excluding hydrogens is 256 g/mol. The van der Waals surface area contributed by atoms with Crippen molar-refractivity contribution in [2.24, 2.45) is 5.41 Å². The fourth-order valence-corrected chi connectivity index (χ4v) is 3.14. The van der Waals surface area contributed by atoms with Crippen molar-refractivity contribution in [2.75, 3.05) is 0 Å². The van der Waals surface area contributed by atoms with Crippen LogP contribution < -0.4 is 0 Å². The zero-order chi connectivity index (χ0) is 15.9. The first-order valence-electron chi connectivity index (χ1n) is 7.66. The van der Waals surface area contributed by atoms with E-state index >= 15 is 0 Å². The van der Waals surface area contributed by atoms with E-state index in [1.54, 1.807) is 0 Å². The van der Waals surface area contributed by atoms with Crippen molar-refractivity contribution in [3.05, 3.63) is 51.6 Å². The molecule has 1 aromatic rings. The van der Waals surface area contributed by atoms with Crippen molar-refractivity contribution in [3.8, 4) is 0 Å². The molecule has 0 unspecified atom stereocenters. The molecule has 1 aliphatic rings. The minimum atomic E-state index is -0.361. The van der Waals surface area contributed by atoms with Crippen LogP contribution in [0.25, 0.3) is 5.57 Å². The van der Waals surface area contributed by atoms with Gasteiger partial charge in [-0.2, -0.15) is 0 Å². The molecule has 1 aliphatic carbocycles. The first-order chi connectivity index (χ1) is 9.62. The lowest BCUT2D eigenvalue weighted by Gasteiger charge is -2.22. The molecule has 0 atom stereocenters. The topological polar surface area (TPSA) is 17.1 Å². The number of Topliss-reactive ketones (excluding diaryl/α,β-unsaturated/α-hetero) is 1. The zero-order valence-electron chi connectivity index (χ0n) is 14.3. The molecule has 0 radical (unpaired) electrons. The normalized spacial score (nSPS) is 15.5. The van der Waals surface area contributed by atoms with Crippen LogP contribution in [0.4, 0.5) is 0 Å². The van der Waals surface area contributed by atoms with Gasteiger partial charge in [0.05, 0.1) is 0 Å². The molecule has 21 heavy (non-hydrogen) atoms. The van der Waals surface area contributed by atoms with Gasteiger partial charge < -0.3 is 0 Å². The number of rotatable bonds is 2. The SMILES string of the molecule is CC1=CCC(C)=C1c1c(C)cc(C)cc1C(=O)C(C)(C)C. The van der Waals surface area contributed by atoms with E-state index in [0.29, 0.717) is 0 Å². The maximum absolute atomic E-state index is 12.9. The van der Waals surface area contributed by atoms with Gasteiger partial charge in [0.25, 0.3) is 0 Å². The molecule has 1 heteroatoms. The van der Waals surface area contributed by atoms with E-state index in [-0.39, 0.29) is 11.2 Å². The molecule has 0 aromatic heterocycles. The van der Waals surface area contributed by atoms with Gasteiger partial charge >= 0.3 is 0 Å². The Morgan fingerprint density at radius 2 is 1.67 bits per heavy atom. The summed E-state index contributed by atoms with van der Waals surface area (Å²) < 4.78 is 0. The number of carbonyl (C=O) groups is 1. The summed E-state index contributed by atoms with van der Waals surface area (Å²) in [5.74, 6) is 0.226. The van der Waals surface area contributed by atoms with Crippen molar-refractivity contribution >= 4 is 11.4 Å². The standard InChI is InChI=1S/C20H26O/c1-12-10-15(4)18(17-13(2)8-9-14(17)3)16(11-12)19(21)20(5,6)7/h8,10-11H,9H2,1-7H3. The van der Waals surface area contributed by atoms with Crippen LogP contribution in [0.1, 0.15) is 68.1 Å². The van der Waals surface area contributed by atoms with E-state index in [0.717, 1.165) is 23.1 Å². The highest BCUT2D eigenvalue weighted by atomic mass is 16.1. The van der Waals surface area contributed by atoms with Gasteiger partial charge in [0.2, 0.25) is 0 Å². The van der Waals surface area contributed by atoms with Crippen LogP contribution in [0, 0.1) is 19.3 Å². The molecule has 1 nitrogen and oxygen atoms in total. The fourth-order valence-electron chi connectivity index (χ4n) is 3.14. The second kappa shape index (κ2) is 5.29. The van der Waals surface area contributed by atoms with Crippen LogP contribution in [0.3, 0.4) is 0 Å². The molecule has 0 bridgehead atoms. The summed E-state index contributed by atoms with van der Waals surface area (Å²) >= 11 is 0. The average molecular weight is 282 g/mol. The molecule has 0 amide bonds. The summed E-state index contributed by atoms with van der Waals surface area (Å²) in [5.41, 5.74) is 7.95. The molecule has 0 saturated heterocycles. The first-order valence-corrected chi connectivity index (χ1v) is 7.66. The highest BCUT2D eigenvalue weighted by Gasteiger charge is 2.28. The number of hydrogen-bond donors (Lipinski definition) is 0. The summed E-state index contributed by atoms with van der Waals surface area (Å²) in [6.07, 6.45) is 3.26. The number of aryl methyl sites for hydroxylation is 2. The van der Waals surface area contributed by atoms with Gasteiger partial charge in [-0.05, 0) is 62.5 Å². The Labute approximate surface area is 128 Å². The van der Waals surface area contributed by atoms with Crippen molar-refractivity contribution in [3.63, 3.8) is 0 Å². The maximum atomic E-state index is 12.9. The third-order valence-corrected chi connectivity index (χ3v) is 4.19. The highest BCUT2D eigenvalue weighted by Crippen LogP contribution is 2.39. The summed E-state index contributed by atoms with van der Waals surface area (Å²) in [4.78, 5) is 12.9. The number of benzene rings is 1. The van der Waals surface area contributed by atoms with Gasteiger partial charge in [0, 0.05) is 11.0 Å². The monoisotopic (exact) mass is 282 g/mol. The quantitative estimate of drug-likeness (QED) is 0.640. The lowest BCUT2D eigenvalue weighted by atomic mass is 9.80. The van der Waals surface area contributed by atoms with Gasteiger partial charge in [-0.15, -0.1) is 0 Å². The van der Waals surface area contributed by atoms with E-state index in [1.165, 1.54) is 22.3 Å². The summed E-state index contributed by atoms with van der Waals surface area (Å²) in [5, 5.41) is 0. The molecule has 0 aliphatic heterocycles. The molecule has 0 saturated carbocycles. The molecule has 0 spiro atoms. The molecule has 112 valence electrons. The Kier molecular flexibility index (Phi) is 3.97. The Balaban J connectivity index is 2.75. The lowest BCUT2D eigenvalue weighted by Crippen LogP contribution is -2.22. The van der Waals surface area contributed by atoms with Gasteiger partial charge in [0.1, 0.15) is 0 Å². The Morgan fingerprint density at radius 3 is 2.14 bits per heavy atom. The third kappa shape index (κ3) is 2.88. The molecule has 2 rings (SSSR count). The minimum absolute atomic E-state index is 0.226. The molecular formula is C20H26O. The zero-order valence-corrected chi connectivity index (χ0v) is 14.3. The second-order valence-electron chi connectivity index (χ2n) is 7.33. The highest BCUT2D eigenvalue weighted by molar-refractivity contribution is 6.06. The van der Waals surface area contributed by atoms with Crippen LogP contribution >= 0.6 is 0 Å². The van der Waals surface area contributed by atoms with Crippen LogP contribution in [0.15, 0.2) is 29.4 Å². The van der Waals surface area contributed by atoms with Gasteiger partial charge in [0.15, 0.2) is 5.78 Å². The fraction of sp³-hybridized carbons (Fsp3) is 0.450. The summed E-state index contributed by atoms with van der Waals surface area (Å²) in [6, 6.07) is 4.24. The smallest absolute Gasteiger partial charge is 0.168 e. The predicted octanol–water partition coefficient (Wildman–Crippen LogP) is 5.66. The van der Waals surface area contributed by atoms with E-state index in [4.69, 9.17) is 0 Å². The maximum Gasteiger partial charge on any atom is 0.168 e. The van der Waals surface area contributed by atoms with Crippen LogP contribution in [0.2, 0.25) is 0 Å². The first kappa shape index (κ1) is 15.8. The van der Waals surface area contributed by atoms with Crippen LogP contribution in [0.5, 0.6) is 0 Å². The Hall–Kier alpha value is -1.63. The average Bonchev–Trinajstić information content (AvgIpc) is 2.67. The number of hydrogen-bond acceptors (Lipinski definition) is 1. The van der Waals surface area contributed by atoms with Crippen molar-refractivity contribution < 1.29 is 4.79 Å². The molecule has 0 heterocycles. The Morgan fingerprint density at radius 1 is 1.05 bits per heavy atom. The predicted molar refractivity (Wildman–Crippen MR) is 90.7 cm³/mol. The van der Waals surface area contributed by atoms with Gasteiger partial charge in [-0.3, -0.25) is 4.79 Å². The lowest BCUT2D eigenvalue weighted by molar-refractivity contribution is 0.0858. The van der Waals surface area contributed by atoms with E-state index in [9.17, 15) is 4.79 Å². The number of carbonyl (C=O) groups excluding carboxylic acids is 1.